The van der Waals surface area contributed by atoms with Crippen molar-refractivity contribution in [2.75, 3.05) is 11.9 Å². The molecule has 1 aromatic rings. The van der Waals surface area contributed by atoms with Gasteiger partial charge in [0.25, 0.3) is 0 Å². The molecule has 0 unspecified atom stereocenters. The standard InChI is InChI=1S/C10H18N4O/c1-3-8-9(7-14(2)13-8)12-10(15)5-4-6-11/h7H,3-6,11H2,1-2H3,(H,12,15). The van der Waals surface area contributed by atoms with Gasteiger partial charge in [0.1, 0.15) is 0 Å². The van der Waals surface area contributed by atoms with Crippen molar-refractivity contribution in [2.45, 2.75) is 26.2 Å². The van der Waals surface area contributed by atoms with Crippen LogP contribution < -0.4 is 11.1 Å². The number of hydrogen-bond acceptors (Lipinski definition) is 3. The smallest absolute Gasteiger partial charge is 0.224 e. The van der Waals surface area contributed by atoms with E-state index >= 15 is 0 Å². The van der Waals surface area contributed by atoms with E-state index in [4.69, 9.17) is 5.73 Å². The molecule has 1 aromatic heterocycles. The average molecular weight is 210 g/mol. The second-order valence-corrected chi connectivity index (χ2v) is 3.46. The Kier molecular flexibility index (Phi) is 4.30. The number of aromatic nitrogens is 2. The second kappa shape index (κ2) is 5.50. The van der Waals surface area contributed by atoms with Crippen molar-refractivity contribution >= 4 is 11.6 Å². The first kappa shape index (κ1) is 11.7. The van der Waals surface area contributed by atoms with E-state index in [2.05, 4.69) is 10.4 Å². The summed E-state index contributed by atoms with van der Waals surface area (Å²) in [4.78, 5) is 11.4. The predicted molar refractivity (Wildman–Crippen MR) is 59.5 cm³/mol. The monoisotopic (exact) mass is 210 g/mol. The van der Waals surface area contributed by atoms with Crippen molar-refractivity contribution in [1.29, 1.82) is 0 Å². The number of nitrogens with one attached hydrogen (secondary N) is 1. The van der Waals surface area contributed by atoms with Crippen LogP contribution >= 0.6 is 0 Å². The highest BCUT2D eigenvalue weighted by atomic mass is 16.1. The zero-order chi connectivity index (χ0) is 11.3. The van der Waals surface area contributed by atoms with E-state index in [9.17, 15) is 4.79 Å². The molecule has 5 nitrogen and oxygen atoms in total. The topological polar surface area (TPSA) is 72.9 Å². The van der Waals surface area contributed by atoms with Gasteiger partial charge in [-0.1, -0.05) is 6.92 Å². The molecule has 0 bridgehead atoms. The van der Waals surface area contributed by atoms with Crippen LogP contribution in [-0.2, 0) is 18.3 Å². The number of anilines is 1. The Morgan fingerprint density at radius 3 is 3.00 bits per heavy atom. The maximum Gasteiger partial charge on any atom is 0.224 e. The van der Waals surface area contributed by atoms with Gasteiger partial charge >= 0.3 is 0 Å². The van der Waals surface area contributed by atoms with E-state index in [-0.39, 0.29) is 5.91 Å². The number of hydrogen-bond donors (Lipinski definition) is 2. The van der Waals surface area contributed by atoms with Crippen LogP contribution in [0.5, 0.6) is 0 Å². The van der Waals surface area contributed by atoms with Gasteiger partial charge in [-0.15, -0.1) is 0 Å². The minimum Gasteiger partial charge on any atom is -0.330 e. The lowest BCUT2D eigenvalue weighted by Crippen LogP contribution is -2.13. The van der Waals surface area contributed by atoms with Gasteiger partial charge in [0, 0.05) is 19.7 Å². The zero-order valence-corrected chi connectivity index (χ0v) is 9.29. The number of carbonyl (C=O) groups excluding carboxylic acids is 1. The lowest BCUT2D eigenvalue weighted by Gasteiger charge is -2.02. The molecule has 0 saturated heterocycles. The molecule has 0 fully saturated rings. The number of rotatable bonds is 5. The molecular formula is C10H18N4O. The van der Waals surface area contributed by atoms with Gasteiger partial charge in [0.15, 0.2) is 0 Å². The van der Waals surface area contributed by atoms with Gasteiger partial charge in [-0.05, 0) is 19.4 Å². The number of aryl methyl sites for hydroxylation is 2. The first-order chi connectivity index (χ1) is 7.17. The van der Waals surface area contributed by atoms with Crippen LogP contribution in [-0.4, -0.2) is 22.2 Å². The van der Waals surface area contributed by atoms with E-state index in [0.717, 1.165) is 17.8 Å². The summed E-state index contributed by atoms with van der Waals surface area (Å²) in [5, 5.41) is 7.08. The average Bonchev–Trinajstić information content (AvgIpc) is 2.55. The molecule has 0 saturated carbocycles. The summed E-state index contributed by atoms with van der Waals surface area (Å²) in [5.74, 6) is 0.00292. The molecule has 0 aliphatic carbocycles. The van der Waals surface area contributed by atoms with Gasteiger partial charge in [-0.2, -0.15) is 5.10 Å². The molecule has 0 spiro atoms. The summed E-state index contributed by atoms with van der Waals surface area (Å²) in [7, 11) is 1.84. The third kappa shape index (κ3) is 3.36. The highest BCUT2D eigenvalue weighted by molar-refractivity contribution is 5.91. The van der Waals surface area contributed by atoms with Crippen molar-refractivity contribution in [3.63, 3.8) is 0 Å². The molecule has 1 heterocycles. The SMILES string of the molecule is CCc1nn(C)cc1NC(=O)CCCN. The molecular weight excluding hydrogens is 192 g/mol. The molecule has 0 atom stereocenters. The van der Waals surface area contributed by atoms with E-state index < -0.39 is 0 Å². The molecule has 15 heavy (non-hydrogen) atoms. The lowest BCUT2D eigenvalue weighted by atomic mass is 10.2. The molecule has 1 rings (SSSR count). The van der Waals surface area contributed by atoms with Crippen LogP contribution in [0.4, 0.5) is 5.69 Å². The van der Waals surface area contributed by atoms with Crippen LogP contribution in [0.25, 0.3) is 0 Å². The van der Waals surface area contributed by atoms with E-state index in [1.54, 1.807) is 4.68 Å². The van der Waals surface area contributed by atoms with Crippen molar-refractivity contribution < 1.29 is 4.79 Å². The number of nitrogens with zero attached hydrogens (tertiary/aromatic N) is 2. The van der Waals surface area contributed by atoms with Gasteiger partial charge in [0.2, 0.25) is 5.91 Å². The molecule has 5 heteroatoms. The van der Waals surface area contributed by atoms with Gasteiger partial charge in [0.05, 0.1) is 11.4 Å². The normalized spacial score (nSPS) is 10.3. The fourth-order valence-corrected chi connectivity index (χ4v) is 1.38. The zero-order valence-electron chi connectivity index (χ0n) is 9.29. The van der Waals surface area contributed by atoms with Crippen LogP contribution in [0, 0.1) is 0 Å². The summed E-state index contributed by atoms with van der Waals surface area (Å²) < 4.78 is 1.71. The molecule has 1 amide bonds. The first-order valence-electron chi connectivity index (χ1n) is 5.19. The molecule has 0 aromatic carbocycles. The van der Waals surface area contributed by atoms with E-state index in [1.165, 1.54) is 0 Å². The Hall–Kier alpha value is -1.36. The molecule has 3 N–H and O–H groups in total. The van der Waals surface area contributed by atoms with Crippen LogP contribution in [0.15, 0.2) is 6.20 Å². The quantitative estimate of drug-likeness (QED) is 0.749. The minimum absolute atomic E-state index is 0.00292. The Morgan fingerprint density at radius 2 is 2.40 bits per heavy atom. The maximum absolute atomic E-state index is 11.4. The summed E-state index contributed by atoms with van der Waals surface area (Å²) >= 11 is 0. The van der Waals surface area contributed by atoms with Gasteiger partial charge < -0.3 is 11.1 Å². The minimum atomic E-state index is 0.00292. The number of carbonyl (C=O) groups is 1. The molecule has 0 aliphatic heterocycles. The van der Waals surface area contributed by atoms with Crippen molar-refractivity contribution in [2.24, 2.45) is 12.8 Å². The summed E-state index contributed by atoms with van der Waals surface area (Å²) in [6.45, 7) is 2.55. The largest absolute Gasteiger partial charge is 0.330 e. The Bertz CT molecular complexity index is 332. The van der Waals surface area contributed by atoms with E-state index in [1.807, 2.05) is 20.2 Å². The number of nitrogens with two attached hydrogens (primary N) is 1. The summed E-state index contributed by atoms with van der Waals surface area (Å²) in [6, 6.07) is 0. The molecule has 84 valence electrons. The third-order valence-corrected chi connectivity index (χ3v) is 2.12. The van der Waals surface area contributed by atoms with Gasteiger partial charge in [-0.3, -0.25) is 9.48 Å². The summed E-state index contributed by atoms with van der Waals surface area (Å²) in [5.41, 5.74) is 7.06. The van der Waals surface area contributed by atoms with Crippen molar-refractivity contribution in [3.8, 4) is 0 Å². The fraction of sp³-hybridized carbons (Fsp3) is 0.600. The predicted octanol–water partition coefficient (Wildman–Crippen LogP) is 0.660. The molecule has 0 aliphatic rings. The lowest BCUT2D eigenvalue weighted by molar-refractivity contribution is -0.116. The Morgan fingerprint density at radius 1 is 1.67 bits per heavy atom. The molecule has 0 radical (unpaired) electrons. The van der Waals surface area contributed by atoms with Crippen molar-refractivity contribution in [3.05, 3.63) is 11.9 Å². The maximum atomic E-state index is 11.4. The Labute approximate surface area is 89.6 Å². The Balaban J connectivity index is 2.59. The van der Waals surface area contributed by atoms with Gasteiger partial charge in [-0.25, -0.2) is 0 Å². The summed E-state index contributed by atoms with van der Waals surface area (Å²) in [6.07, 6.45) is 3.81. The highest BCUT2D eigenvalue weighted by Crippen LogP contribution is 2.13. The highest BCUT2D eigenvalue weighted by Gasteiger charge is 2.08. The fourth-order valence-electron chi connectivity index (χ4n) is 1.38. The van der Waals surface area contributed by atoms with Crippen LogP contribution in [0.2, 0.25) is 0 Å². The first-order valence-corrected chi connectivity index (χ1v) is 5.19. The van der Waals surface area contributed by atoms with Crippen molar-refractivity contribution in [1.82, 2.24) is 9.78 Å². The number of amides is 1. The van der Waals surface area contributed by atoms with E-state index in [0.29, 0.717) is 19.4 Å². The van der Waals surface area contributed by atoms with Crippen LogP contribution in [0.1, 0.15) is 25.5 Å². The van der Waals surface area contributed by atoms with Crippen LogP contribution in [0.3, 0.4) is 0 Å². The third-order valence-electron chi connectivity index (χ3n) is 2.12. The second-order valence-electron chi connectivity index (χ2n) is 3.46.